The van der Waals surface area contributed by atoms with Gasteiger partial charge in [0, 0.05) is 5.39 Å². The molecule has 0 radical (unpaired) electrons. The molecule has 1 aromatic heterocycles. The maximum Gasteiger partial charge on any atom is 0.134 e. The van der Waals surface area contributed by atoms with Gasteiger partial charge in [0.15, 0.2) is 0 Å². The van der Waals surface area contributed by atoms with Crippen LogP contribution in [0.4, 0.5) is 0 Å². The molecule has 1 nitrogen and oxygen atoms in total. The Balaban J connectivity index is 2.67. The zero-order valence-corrected chi connectivity index (χ0v) is 9.00. The van der Waals surface area contributed by atoms with Crippen molar-refractivity contribution in [1.82, 2.24) is 0 Å². The Bertz CT molecular complexity index is 437. The molecule has 0 atom stereocenters. The molecule has 0 spiro atoms. The number of hydrogen-bond acceptors (Lipinski definition) is 1. The van der Waals surface area contributed by atoms with Crippen molar-refractivity contribution in [2.45, 2.75) is 32.6 Å². The molecule has 0 N–H and O–H groups in total. The quantitative estimate of drug-likeness (QED) is 0.691. The number of benzene rings is 1. The molecule has 2 rings (SSSR count). The van der Waals surface area contributed by atoms with Crippen LogP contribution in [0.5, 0.6) is 0 Å². The molecule has 1 aromatic carbocycles. The Morgan fingerprint density at radius 1 is 1.21 bits per heavy atom. The standard InChI is InChI=1S/C13H16O/c1-4-13(2,3)11-6-5-7-12-10(11)8-9-14-12/h5-9H,4H2,1-3H3. The maximum atomic E-state index is 5.40. The Morgan fingerprint density at radius 3 is 2.71 bits per heavy atom. The second kappa shape index (κ2) is 3.16. The lowest BCUT2D eigenvalue weighted by atomic mass is 9.81. The first kappa shape index (κ1) is 9.32. The first-order valence-electron chi connectivity index (χ1n) is 5.12. The predicted octanol–water partition coefficient (Wildman–Crippen LogP) is 4.12. The second-order valence-corrected chi connectivity index (χ2v) is 4.38. The molecule has 0 aliphatic rings. The van der Waals surface area contributed by atoms with E-state index in [1.807, 2.05) is 6.07 Å². The highest BCUT2D eigenvalue weighted by molar-refractivity contribution is 5.81. The van der Waals surface area contributed by atoms with Crippen molar-refractivity contribution in [1.29, 1.82) is 0 Å². The molecular weight excluding hydrogens is 172 g/mol. The summed E-state index contributed by atoms with van der Waals surface area (Å²) in [7, 11) is 0. The molecule has 2 aromatic rings. The summed E-state index contributed by atoms with van der Waals surface area (Å²) in [6.07, 6.45) is 2.90. The minimum absolute atomic E-state index is 0.226. The summed E-state index contributed by atoms with van der Waals surface area (Å²) in [4.78, 5) is 0. The van der Waals surface area contributed by atoms with Gasteiger partial charge in [0.25, 0.3) is 0 Å². The summed E-state index contributed by atoms with van der Waals surface area (Å²) in [5.74, 6) is 0. The fraction of sp³-hybridized carbons (Fsp3) is 0.385. The Labute approximate surface area is 84.7 Å². The number of furan rings is 1. The summed E-state index contributed by atoms with van der Waals surface area (Å²) < 4.78 is 5.40. The SMILES string of the molecule is CCC(C)(C)c1cccc2occc12. The summed E-state index contributed by atoms with van der Waals surface area (Å²) >= 11 is 0. The van der Waals surface area contributed by atoms with Gasteiger partial charge in [-0.25, -0.2) is 0 Å². The molecule has 0 saturated carbocycles. The molecule has 0 unspecified atom stereocenters. The average molecular weight is 188 g/mol. The van der Waals surface area contributed by atoms with Crippen LogP contribution in [-0.4, -0.2) is 0 Å². The van der Waals surface area contributed by atoms with E-state index in [0.29, 0.717) is 0 Å². The van der Waals surface area contributed by atoms with Crippen molar-refractivity contribution < 1.29 is 4.42 Å². The van der Waals surface area contributed by atoms with Crippen molar-refractivity contribution in [2.75, 3.05) is 0 Å². The smallest absolute Gasteiger partial charge is 0.134 e. The van der Waals surface area contributed by atoms with Gasteiger partial charge in [-0.05, 0) is 29.5 Å². The van der Waals surface area contributed by atoms with E-state index in [1.165, 1.54) is 10.9 Å². The topological polar surface area (TPSA) is 13.1 Å². The molecule has 1 heteroatoms. The van der Waals surface area contributed by atoms with Gasteiger partial charge < -0.3 is 4.42 Å². The van der Waals surface area contributed by atoms with Gasteiger partial charge in [0.05, 0.1) is 6.26 Å². The molecule has 0 amide bonds. The van der Waals surface area contributed by atoms with E-state index in [-0.39, 0.29) is 5.41 Å². The van der Waals surface area contributed by atoms with Crippen LogP contribution in [0.3, 0.4) is 0 Å². The lowest BCUT2D eigenvalue weighted by molar-refractivity contribution is 0.510. The Morgan fingerprint density at radius 2 is 2.00 bits per heavy atom. The largest absolute Gasteiger partial charge is 0.464 e. The zero-order chi connectivity index (χ0) is 10.2. The summed E-state index contributed by atoms with van der Waals surface area (Å²) in [5.41, 5.74) is 2.60. The Hall–Kier alpha value is -1.24. The summed E-state index contributed by atoms with van der Waals surface area (Å²) in [5, 5.41) is 1.25. The average Bonchev–Trinajstić information content (AvgIpc) is 2.64. The van der Waals surface area contributed by atoms with E-state index in [2.05, 4.69) is 39.0 Å². The highest BCUT2D eigenvalue weighted by Crippen LogP contribution is 2.32. The van der Waals surface area contributed by atoms with E-state index in [4.69, 9.17) is 4.42 Å². The minimum Gasteiger partial charge on any atom is -0.464 e. The highest BCUT2D eigenvalue weighted by atomic mass is 16.3. The number of rotatable bonds is 2. The van der Waals surface area contributed by atoms with Gasteiger partial charge in [0.1, 0.15) is 5.58 Å². The van der Waals surface area contributed by atoms with Gasteiger partial charge in [0.2, 0.25) is 0 Å². The lowest BCUT2D eigenvalue weighted by Gasteiger charge is -2.23. The third-order valence-corrected chi connectivity index (χ3v) is 3.11. The summed E-state index contributed by atoms with van der Waals surface area (Å²) in [6, 6.07) is 8.34. The number of hydrogen-bond donors (Lipinski definition) is 0. The van der Waals surface area contributed by atoms with E-state index in [0.717, 1.165) is 12.0 Å². The summed E-state index contributed by atoms with van der Waals surface area (Å²) in [6.45, 7) is 6.77. The first-order valence-corrected chi connectivity index (χ1v) is 5.12. The maximum absolute atomic E-state index is 5.40. The minimum atomic E-state index is 0.226. The van der Waals surface area contributed by atoms with E-state index in [1.54, 1.807) is 6.26 Å². The van der Waals surface area contributed by atoms with Crippen LogP contribution in [0.1, 0.15) is 32.8 Å². The molecule has 0 saturated heterocycles. The second-order valence-electron chi connectivity index (χ2n) is 4.38. The van der Waals surface area contributed by atoms with E-state index < -0.39 is 0 Å². The van der Waals surface area contributed by atoms with Crippen LogP contribution >= 0.6 is 0 Å². The van der Waals surface area contributed by atoms with E-state index >= 15 is 0 Å². The highest BCUT2D eigenvalue weighted by Gasteiger charge is 2.20. The molecule has 14 heavy (non-hydrogen) atoms. The van der Waals surface area contributed by atoms with Gasteiger partial charge in [-0.1, -0.05) is 32.9 Å². The monoisotopic (exact) mass is 188 g/mol. The van der Waals surface area contributed by atoms with Crippen LogP contribution in [0.2, 0.25) is 0 Å². The predicted molar refractivity (Wildman–Crippen MR) is 59.5 cm³/mol. The first-order chi connectivity index (χ1) is 6.65. The van der Waals surface area contributed by atoms with Crippen LogP contribution in [0, 0.1) is 0 Å². The van der Waals surface area contributed by atoms with Crippen LogP contribution in [-0.2, 0) is 5.41 Å². The molecular formula is C13H16O. The third-order valence-electron chi connectivity index (χ3n) is 3.11. The van der Waals surface area contributed by atoms with Crippen molar-refractivity contribution in [3.63, 3.8) is 0 Å². The molecule has 74 valence electrons. The fourth-order valence-electron chi connectivity index (χ4n) is 1.77. The van der Waals surface area contributed by atoms with Crippen LogP contribution in [0.25, 0.3) is 11.0 Å². The fourth-order valence-corrected chi connectivity index (χ4v) is 1.77. The van der Waals surface area contributed by atoms with Crippen molar-refractivity contribution in [2.24, 2.45) is 0 Å². The number of fused-ring (bicyclic) bond motifs is 1. The van der Waals surface area contributed by atoms with E-state index in [9.17, 15) is 0 Å². The molecule has 0 fully saturated rings. The zero-order valence-electron chi connectivity index (χ0n) is 9.00. The molecule has 0 bridgehead atoms. The van der Waals surface area contributed by atoms with Crippen molar-refractivity contribution in [3.05, 3.63) is 36.1 Å². The van der Waals surface area contributed by atoms with Gasteiger partial charge in [-0.2, -0.15) is 0 Å². The third kappa shape index (κ3) is 1.33. The van der Waals surface area contributed by atoms with Crippen LogP contribution < -0.4 is 0 Å². The normalized spacial score (nSPS) is 12.2. The van der Waals surface area contributed by atoms with Gasteiger partial charge in [-0.15, -0.1) is 0 Å². The Kier molecular flexibility index (Phi) is 2.10. The molecule has 0 aliphatic carbocycles. The molecule has 0 aliphatic heterocycles. The lowest BCUT2D eigenvalue weighted by Crippen LogP contribution is -2.15. The van der Waals surface area contributed by atoms with Gasteiger partial charge in [-0.3, -0.25) is 0 Å². The van der Waals surface area contributed by atoms with Gasteiger partial charge >= 0.3 is 0 Å². The molecule has 1 heterocycles. The van der Waals surface area contributed by atoms with Crippen LogP contribution in [0.15, 0.2) is 34.9 Å². The van der Waals surface area contributed by atoms with Crippen molar-refractivity contribution in [3.8, 4) is 0 Å². The van der Waals surface area contributed by atoms with Crippen molar-refractivity contribution >= 4 is 11.0 Å².